The third kappa shape index (κ3) is 7.92. The Bertz CT molecular complexity index is 1170. The third-order valence-corrected chi connectivity index (χ3v) is 7.04. The third-order valence-electron chi connectivity index (χ3n) is 7.04. The maximum absolute atomic E-state index is 13.3. The quantitative estimate of drug-likeness (QED) is 0.337. The fourth-order valence-electron chi connectivity index (χ4n) is 5.14. The summed E-state index contributed by atoms with van der Waals surface area (Å²) in [4.78, 5) is 14.8. The number of carbonyl (C=O) groups excluding carboxylic acids is 1. The fourth-order valence-corrected chi connectivity index (χ4v) is 5.14. The van der Waals surface area contributed by atoms with E-state index in [2.05, 4.69) is 0 Å². The summed E-state index contributed by atoms with van der Waals surface area (Å²) in [5.74, 6) is -0.470. The molecule has 0 saturated heterocycles. The minimum absolute atomic E-state index is 0.215. The number of hydrogen-bond donors (Lipinski definition) is 1. The average molecular weight is 548 g/mol. The SMILES string of the molecule is CN(C(=O)OC(C)(C)C)[C@H]1[C@@H](CO)[C@@H](OCc2ccccc2)[C@H](OCc2ccccc2)[C@@H]1OCc1ccccc1. The molecule has 0 aromatic heterocycles. The van der Waals surface area contributed by atoms with Crippen molar-refractivity contribution < 1.29 is 28.8 Å². The number of rotatable bonds is 11. The summed E-state index contributed by atoms with van der Waals surface area (Å²) < 4.78 is 25.3. The Labute approximate surface area is 237 Å². The van der Waals surface area contributed by atoms with Crippen LogP contribution in [0.25, 0.3) is 0 Å². The van der Waals surface area contributed by atoms with Crippen LogP contribution in [-0.2, 0) is 38.8 Å². The predicted octanol–water partition coefficient (Wildman–Crippen LogP) is 5.60. The van der Waals surface area contributed by atoms with E-state index in [4.69, 9.17) is 18.9 Å². The van der Waals surface area contributed by atoms with Gasteiger partial charge < -0.3 is 29.0 Å². The standard InChI is InChI=1S/C33H41NO6/c1-33(2,3)40-32(36)34(4)28-27(20-35)29(37-21-24-14-8-5-9-15-24)31(39-23-26-18-12-7-13-19-26)30(28)38-22-25-16-10-6-11-17-25/h5-19,27-31,35H,20-23H2,1-4H3/t27-,28+,29-,30-,31+/m1/s1. The van der Waals surface area contributed by atoms with Crippen LogP contribution >= 0.6 is 0 Å². The van der Waals surface area contributed by atoms with Gasteiger partial charge in [-0.2, -0.15) is 0 Å². The van der Waals surface area contributed by atoms with Gasteiger partial charge in [-0.1, -0.05) is 91.0 Å². The first-order chi connectivity index (χ1) is 19.3. The summed E-state index contributed by atoms with van der Waals surface area (Å²) in [6, 6.07) is 29.1. The first-order valence-electron chi connectivity index (χ1n) is 13.8. The highest BCUT2D eigenvalue weighted by atomic mass is 16.6. The van der Waals surface area contributed by atoms with Crippen molar-refractivity contribution in [2.75, 3.05) is 13.7 Å². The number of nitrogens with zero attached hydrogens (tertiary/aromatic N) is 1. The van der Waals surface area contributed by atoms with E-state index < -0.39 is 42.0 Å². The van der Waals surface area contributed by atoms with Gasteiger partial charge in [0, 0.05) is 13.0 Å². The molecule has 0 unspecified atom stereocenters. The van der Waals surface area contributed by atoms with Gasteiger partial charge in [0.05, 0.1) is 38.6 Å². The Hall–Kier alpha value is -3.23. The zero-order chi connectivity index (χ0) is 28.5. The van der Waals surface area contributed by atoms with Crippen molar-refractivity contribution in [2.45, 2.75) is 70.5 Å². The van der Waals surface area contributed by atoms with E-state index in [1.807, 2.05) is 112 Å². The topological polar surface area (TPSA) is 77.5 Å². The molecule has 1 aliphatic rings. The van der Waals surface area contributed by atoms with Gasteiger partial charge in [0.2, 0.25) is 0 Å². The van der Waals surface area contributed by atoms with Gasteiger partial charge in [0.1, 0.15) is 17.8 Å². The van der Waals surface area contributed by atoms with Gasteiger partial charge in [0.15, 0.2) is 0 Å². The monoisotopic (exact) mass is 547 g/mol. The molecule has 7 heteroatoms. The smallest absolute Gasteiger partial charge is 0.410 e. The van der Waals surface area contributed by atoms with Gasteiger partial charge in [-0.05, 0) is 37.5 Å². The molecule has 0 heterocycles. The summed E-state index contributed by atoms with van der Waals surface area (Å²) in [6.45, 7) is 6.27. The second-order valence-electron chi connectivity index (χ2n) is 11.2. The lowest BCUT2D eigenvalue weighted by Crippen LogP contribution is -2.50. The molecule has 0 radical (unpaired) electrons. The lowest BCUT2D eigenvalue weighted by Gasteiger charge is -2.35. The van der Waals surface area contributed by atoms with E-state index in [0.29, 0.717) is 19.8 Å². The molecule has 3 aromatic rings. The molecule has 3 aromatic carbocycles. The van der Waals surface area contributed by atoms with Crippen LogP contribution in [0, 0.1) is 5.92 Å². The number of amides is 1. The van der Waals surface area contributed by atoms with Crippen LogP contribution in [0.5, 0.6) is 0 Å². The molecule has 5 atom stereocenters. The molecule has 0 aliphatic heterocycles. The predicted molar refractivity (Wildman–Crippen MR) is 153 cm³/mol. The summed E-state index contributed by atoms with van der Waals surface area (Å²) in [5.41, 5.74) is 2.34. The molecule has 1 aliphatic carbocycles. The lowest BCUT2D eigenvalue weighted by molar-refractivity contribution is -0.131. The summed E-state index contributed by atoms with van der Waals surface area (Å²) in [7, 11) is 1.69. The van der Waals surface area contributed by atoms with Gasteiger partial charge in [-0.3, -0.25) is 0 Å². The van der Waals surface area contributed by atoms with E-state index in [9.17, 15) is 9.90 Å². The van der Waals surface area contributed by atoms with Gasteiger partial charge >= 0.3 is 6.09 Å². The van der Waals surface area contributed by atoms with Crippen molar-refractivity contribution in [2.24, 2.45) is 5.92 Å². The van der Waals surface area contributed by atoms with Crippen LogP contribution in [0.15, 0.2) is 91.0 Å². The van der Waals surface area contributed by atoms with E-state index in [-0.39, 0.29) is 6.61 Å². The van der Waals surface area contributed by atoms with Crippen LogP contribution in [0.2, 0.25) is 0 Å². The van der Waals surface area contributed by atoms with Crippen molar-refractivity contribution in [3.8, 4) is 0 Å². The van der Waals surface area contributed by atoms with Gasteiger partial charge in [-0.15, -0.1) is 0 Å². The second kappa shape index (κ2) is 13.9. The van der Waals surface area contributed by atoms with Crippen LogP contribution in [0.4, 0.5) is 4.79 Å². The Morgan fingerprint density at radius 2 is 1.10 bits per heavy atom. The second-order valence-corrected chi connectivity index (χ2v) is 11.2. The molecule has 1 saturated carbocycles. The van der Waals surface area contributed by atoms with Crippen LogP contribution in [0.3, 0.4) is 0 Å². The molecule has 1 N–H and O–H groups in total. The van der Waals surface area contributed by atoms with Crippen molar-refractivity contribution in [3.05, 3.63) is 108 Å². The molecular weight excluding hydrogens is 506 g/mol. The molecule has 214 valence electrons. The first kappa shape index (κ1) is 29.7. The van der Waals surface area contributed by atoms with Crippen molar-refractivity contribution in [1.29, 1.82) is 0 Å². The number of likely N-dealkylation sites (N-methyl/N-ethyl adjacent to an activating group) is 1. The molecule has 1 amide bonds. The molecule has 0 bridgehead atoms. The zero-order valence-electron chi connectivity index (χ0n) is 23.8. The van der Waals surface area contributed by atoms with Crippen molar-refractivity contribution in [1.82, 2.24) is 4.90 Å². The number of carbonyl (C=O) groups is 1. The summed E-state index contributed by atoms with van der Waals surface area (Å²) in [5, 5.41) is 10.7. The van der Waals surface area contributed by atoms with E-state index in [0.717, 1.165) is 16.7 Å². The van der Waals surface area contributed by atoms with E-state index in [1.54, 1.807) is 7.05 Å². The fraction of sp³-hybridized carbons (Fsp3) is 0.424. The van der Waals surface area contributed by atoms with Crippen molar-refractivity contribution >= 4 is 6.09 Å². The van der Waals surface area contributed by atoms with E-state index >= 15 is 0 Å². The van der Waals surface area contributed by atoms with Crippen LogP contribution in [-0.4, -0.2) is 59.7 Å². The molecule has 1 fully saturated rings. The van der Waals surface area contributed by atoms with Gasteiger partial charge in [0.25, 0.3) is 0 Å². The largest absolute Gasteiger partial charge is 0.444 e. The number of aliphatic hydroxyl groups excluding tert-OH is 1. The minimum Gasteiger partial charge on any atom is -0.444 e. The average Bonchev–Trinajstić information content (AvgIpc) is 3.26. The number of aliphatic hydroxyl groups is 1. The zero-order valence-corrected chi connectivity index (χ0v) is 23.8. The Morgan fingerprint density at radius 3 is 1.50 bits per heavy atom. The highest BCUT2D eigenvalue weighted by Gasteiger charge is 2.55. The summed E-state index contributed by atoms with van der Waals surface area (Å²) >= 11 is 0. The molecule has 0 spiro atoms. The maximum Gasteiger partial charge on any atom is 0.410 e. The Balaban J connectivity index is 1.66. The Kier molecular flexibility index (Phi) is 10.3. The minimum atomic E-state index is -0.675. The molecule has 7 nitrogen and oxygen atoms in total. The number of ether oxygens (including phenoxy) is 4. The van der Waals surface area contributed by atoms with Gasteiger partial charge in [-0.25, -0.2) is 4.79 Å². The normalized spacial score (nSPS) is 22.7. The molecule has 40 heavy (non-hydrogen) atoms. The summed E-state index contributed by atoms with van der Waals surface area (Å²) in [6.07, 6.45) is -2.17. The number of benzene rings is 3. The first-order valence-corrected chi connectivity index (χ1v) is 13.8. The highest BCUT2D eigenvalue weighted by Crippen LogP contribution is 2.38. The molecular formula is C33H41NO6. The van der Waals surface area contributed by atoms with Crippen LogP contribution < -0.4 is 0 Å². The number of hydrogen-bond acceptors (Lipinski definition) is 6. The highest BCUT2D eigenvalue weighted by molar-refractivity contribution is 5.68. The lowest BCUT2D eigenvalue weighted by atomic mass is 10.0. The Morgan fingerprint density at radius 1 is 0.700 bits per heavy atom. The maximum atomic E-state index is 13.3. The molecule has 4 rings (SSSR count). The van der Waals surface area contributed by atoms with Crippen molar-refractivity contribution in [3.63, 3.8) is 0 Å². The van der Waals surface area contributed by atoms with E-state index in [1.165, 1.54) is 4.90 Å². The van der Waals surface area contributed by atoms with Crippen LogP contribution in [0.1, 0.15) is 37.5 Å².